The molecule has 3 heteroatoms. The van der Waals surface area contributed by atoms with E-state index in [0.717, 1.165) is 44.1 Å². The minimum atomic E-state index is -0.140. The summed E-state index contributed by atoms with van der Waals surface area (Å²) in [7, 11) is 0. The zero-order chi connectivity index (χ0) is 12.8. The SMILES string of the molecule is Cc1cc(F)ccc1CCNCC1CCNCC1. The van der Waals surface area contributed by atoms with Gasteiger partial charge in [-0.1, -0.05) is 6.07 Å². The van der Waals surface area contributed by atoms with E-state index in [-0.39, 0.29) is 5.82 Å². The second-order valence-electron chi connectivity index (χ2n) is 5.22. The predicted octanol–water partition coefficient (Wildman–Crippen LogP) is 2.27. The second kappa shape index (κ2) is 6.86. The molecular weight excluding hydrogens is 227 g/mol. The zero-order valence-electron chi connectivity index (χ0n) is 11.1. The lowest BCUT2D eigenvalue weighted by Gasteiger charge is -2.22. The number of piperidine rings is 1. The lowest BCUT2D eigenvalue weighted by Crippen LogP contribution is -2.34. The molecule has 100 valence electrons. The van der Waals surface area contributed by atoms with Gasteiger partial charge in [0.25, 0.3) is 0 Å². The highest BCUT2D eigenvalue weighted by Gasteiger charge is 2.11. The number of aryl methyl sites for hydroxylation is 1. The summed E-state index contributed by atoms with van der Waals surface area (Å²) in [6.07, 6.45) is 3.54. The molecule has 0 amide bonds. The molecule has 18 heavy (non-hydrogen) atoms. The predicted molar refractivity (Wildman–Crippen MR) is 73.3 cm³/mol. The molecular formula is C15H23FN2. The third kappa shape index (κ3) is 4.07. The van der Waals surface area contributed by atoms with Crippen LogP contribution in [0.15, 0.2) is 18.2 Å². The van der Waals surface area contributed by atoms with Crippen LogP contribution in [0.4, 0.5) is 4.39 Å². The third-order valence-corrected chi connectivity index (χ3v) is 3.77. The number of nitrogens with one attached hydrogen (secondary N) is 2. The van der Waals surface area contributed by atoms with Crippen molar-refractivity contribution in [2.24, 2.45) is 5.92 Å². The standard InChI is InChI=1S/C15H23FN2/c1-12-10-15(16)3-2-14(12)6-9-18-11-13-4-7-17-8-5-13/h2-3,10,13,17-18H,4-9,11H2,1H3. The summed E-state index contributed by atoms with van der Waals surface area (Å²) in [5, 5.41) is 6.90. The second-order valence-corrected chi connectivity index (χ2v) is 5.22. The molecule has 1 aromatic carbocycles. The largest absolute Gasteiger partial charge is 0.317 e. The maximum absolute atomic E-state index is 13.0. The van der Waals surface area contributed by atoms with Gasteiger partial charge in [-0.25, -0.2) is 4.39 Å². The molecule has 2 N–H and O–H groups in total. The zero-order valence-corrected chi connectivity index (χ0v) is 11.1. The average Bonchev–Trinajstić information content (AvgIpc) is 2.38. The first-order valence-corrected chi connectivity index (χ1v) is 6.92. The van der Waals surface area contributed by atoms with Crippen LogP contribution in [-0.4, -0.2) is 26.2 Å². The maximum Gasteiger partial charge on any atom is 0.123 e. The van der Waals surface area contributed by atoms with Crippen molar-refractivity contribution >= 4 is 0 Å². The van der Waals surface area contributed by atoms with Gasteiger partial charge in [-0.3, -0.25) is 0 Å². The van der Waals surface area contributed by atoms with E-state index >= 15 is 0 Å². The van der Waals surface area contributed by atoms with Crippen LogP contribution >= 0.6 is 0 Å². The van der Waals surface area contributed by atoms with E-state index in [0.29, 0.717) is 0 Å². The van der Waals surface area contributed by atoms with Crippen molar-refractivity contribution in [2.75, 3.05) is 26.2 Å². The van der Waals surface area contributed by atoms with Crippen molar-refractivity contribution in [1.82, 2.24) is 10.6 Å². The highest BCUT2D eigenvalue weighted by atomic mass is 19.1. The summed E-state index contributed by atoms with van der Waals surface area (Å²) in [4.78, 5) is 0. The van der Waals surface area contributed by atoms with E-state index in [1.165, 1.54) is 18.4 Å². The van der Waals surface area contributed by atoms with E-state index in [4.69, 9.17) is 0 Å². The fourth-order valence-corrected chi connectivity index (χ4v) is 2.55. The summed E-state index contributed by atoms with van der Waals surface area (Å²) in [5.41, 5.74) is 2.30. The quantitative estimate of drug-likeness (QED) is 0.783. The molecule has 2 nitrogen and oxygen atoms in total. The molecule has 0 unspecified atom stereocenters. The van der Waals surface area contributed by atoms with E-state index in [2.05, 4.69) is 10.6 Å². The van der Waals surface area contributed by atoms with Gasteiger partial charge in [-0.05, 0) is 81.5 Å². The molecule has 1 aliphatic rings. The summed E-state index contributed by atoms with van der Waals surface area (Å²) in [6, 6.07) is 5.06. The molecule has 1 heterocycles. The molecule has 0 aliphatic carbocycles. The van der Waals surface area contributed by atoms with Crippen LogP contribution in [0.2, 0.25) is 0 Å². The van der Waals surface area contributed by atoms with Crippen molar-refractivity contribution in [3.63, 3.8) is 0 Å². The first-order chi connectivity index (χ1) is 8.75. The normalized spacial score (nSPS) is 17.0. The highest BCUT2D eigenvalue weighted by molar-refractivity contribution is 5.26. The molecule has 1 aliphatic heterocycles. The summed E-state index contributed by atoms with van der Waals surface area (Å²) >= 11 is 0. The molecule has 1 fully saturated rings. The van der Waals surface area contributed by atoms with Crippen molar-refractivity contribution < 1.29 is 4.39 Å². The van der Waals surface area contributed by atoms with E-state index < -0.39 is 0 Å². The lowest BCUT2D eigenvalue weighted by molar-refractivity contribution is 0.358. The van der Waals surface area contributed by atoms with Crippen molar-refractivity contribution in [3.8, 4) is 0 Å². The molecule has 0 saturated carbocycles. The van der Waals surface area contributed by atoms with Crippen LogP contribution in [0.5, 0.6) is 0 Å². The monoisotopic (exact) mass is 250 g/mol. The van der Waals surface area contributed by atoms with Gasteiger partial charge in [0, 0.05) is 0 Å². The maximum atomic E-state index is 13.0. The van der Waals surface area contributed by atoms with Gasteiger partial charge in [-0.2, -0.15) is 0 Å². The Kier molecular flexibility index (Phi) is 5.14. The van der Waals surface area contributed by atoms with E-state index in [1.54, 1.807) is 12.1 Å². The molecule has 0 atom stereocenters. The topological polar surface area (TPSA) is 24.1 Å². The first-order valence-electron chi connectivity index (χ1n) is 6.92. The Labute approximate surface area is 109 Å². The number of benzene rings is 1. The Morgan fingerprint density at radius 2 is 2.11 bits per heavy atom. The van der Waals surface area contributed by atoms with E-state index in [1.807, 2.05) is 13.0 Å². The molecule has 2 rings (SSSR count). The Morgan fingerprint density at radius 3 is 2.83 bits per heavy atom. The fourth-order valence-electron chi connectivity index (χ4n) is 2.55. The molecule has 0 aromatic heterocycles. The third-order valence-electron chi connectivity index (χ3n) is 3.77. The van der Waals surface area contributed by atoms with Crippen LogP contribution in [0.3, 0.4) is 0 Å². The Bertz CT molecular complexity index is 373. The van der Waals surface area contributed by atoms with Crippen LogP contribution in [-0.2, 0) is 6.42 Å². The number of hydrogen-bond acceptors (Lipinski definition) is 2. The highest BCUT2D eigenvalue weighted by Crippen LogP contribution is 2.11. The Morgan fingerprint density at radius 1 is 1.33 bits per heavy atom. The fraction of sp³-hybridized carbons (Fsp3) is 0.600. The molecule has 0 spiro atoms. The van der Waals surface area contributed by atoms with Crippen LogP contribution in [0.1, 0.15) is 24.0 Å². The molecule has 0 bridgehead atoms. The summed E-state index contributed by atoms with van der Waals surface area (Å²) < 4.78 is 13.0. The van der Waals surface area contributed by atoms with E-state index in [9.17, 15) is 4.39 Å². The summed E-state index contributed by atoms with van der Waals surface area (Å²) in [5.74, 6) is 0.680. The minimum Gasteiger partial charge on any atom is -0.317 e. The number of halogens is 1. The van der Waals surface area contributed by atoms with Gasteiger partial charge in [0.1, 0.15) is 5.82 Å². The number of hydrogen-bond donors (Lipinski definition) is 2. The average molecular weight is 250 g/mol. The first kappa shape index (κ1) is 13.5. The van der Waals surface area contributed by atoms with Crippen LogP contribution in [0, 0.1) is 18.7 Å². The Hall–Kier alpha value is -0.930. The van der Waals surface area contributed by atoms with Crippen molar-refractivity contribution in [1.29, 1.82) is 0 Å². The van der Waals surface area contributed by atoms with Crippen LogP contribution < -0.4 is 10.6 Å². The Balaban J connectivity index is 1.68. The van der Waals surface area contributed by atoms with Gasteiger partial charge in [0.15, 0.2) is 0 Å². The molecule has 1 aromatic rings. The smallest absolute Gasteiger partial charge is 0.123 e. The van der Waals surface area contributed by atoms with Crippen LogP contribution in [0.25, 0.3) is 0 Å². The van der Waals surface area contributed by atoms with Gasteiger partial charge in [-0.15, -0.1) is 0 Å². The lowest BCUT2D eigenvalue weighted by atomic mass is 9.98. The molecule has 0 radical (unpaired) electrons. The van der Waals surface area contributed by atoms with Gasteiger partial charge < -0.3 is 10.6 Å². The van der Waals surface area contributed by atoms with Gasteiger partial charge in [0.05, 0.1) is 0 Å². The number of rotatable bonds is 5. The minimum absolute atomic E-state index is 0.140. The van der Waals surface area contributed by atoms with Gasteiger partial charge in [0.2, 0.25) is 0 Å². The van der Waals surface area contributed by atoms with Gasteiger partial charge >= 0.3 is 0 Å². The molecule has 1 saturated heterocycles. The van der Waals surface area contributed by atoms with Crippen molar-refractivity contribution in [3.05, 3.63) is 35.1 Å². The van der Waals surface area contributed by atoms with Crippen molar-refractivity contribution in [2.45, 2.75) is 26.2 Å². The summed E-state index contributed by atoms with van der Waals surface area (Å²) in [6.45, 7) is 6.39.